The van der Waals surface area contributed by atoms with Gasteiger partial charge in [0.05, 0.1) is 0 Å². The van der Waals surface area contributed by atoms with Gasteiger partial charge >= 0.3 is 11.8 Å². The summed E-state index contributed by atoms with van der Waals surface area (Å²) >= 11 is 2.01. The lowest BCUT2D eigenvalue weighted by Crippen LogP contribution is -2.45. The minimum atomic E-state index is -1.07. The molecule has 2 N–H and O–H groups in total. The van der Waals surface area contributed by atoms with Crippen molar-refractivity contribution in [1.29, 1.82) is 0 Å². The van der Waals surface area contributed by atoms with E-state index in [0.29, 0.717) is 18.5 Å². The molecule has 0 aliphatic carbocycles. The largest absolute Gasteiger partial charge is 0.348 e. The molecule has 0 radical (unpaired) electrons. The summed E-state index contributed by atoms with van der Waals surface area (Å²) in [6.07, 6.45) is 3.27. The number of piperidine rings is 1. The molecule has 1 aromatic rings. The number of thioether (sulfide) groups is 1. The molecule has 0 saturated carbocycles. The molecular formula is C18H23F2N3O2S. The van der Waals surface area contributed by atoms with Gasteiger partial charge in [-0.15, -0.1) is 0 Å². The van der Waals surface area contributed by atoms with Crippen LogP contribution in [0.3, 0.4) is 0 Å². The number of hydrogen-bond donors (Lipinski definition) is 2. The molecule has 142 valence electrons. The van der Waals surface area contributed by atoms with Gasteiger partial charge in [-0.1, -0.05) is 0 Å². The third-order valence-corrected chi connectivity index (χ3v) is 6.15. The van der Waals surface area contributed by atoms with Crippen molar-refractivity contribution in [3.8, 4) is 0 Å². The quantitative estimate of drug-likeness (QED) is 0.783. The molecule has 3 rings (SSSR count). The van der Waals surface area contributed by atoms with Gasteiger partial charge in [0.25, 0.3) is 0 Å². The first kappa shape index (κ1) is 19.1. The molecule has 1 atom stereocenters. The molecule has 0 bridgehead atoms. The normalized spacial score (nSPS) is 21.5. The maximum atomic E-state index is 13.1. The molecule has 2 aliphatic rings. The van der Waals surface area contributed by atoms with Crippen molar-refractivity contribution >= 4 is 29.3 Å². The highest BCUT2D eigenvalue weighted by atomic mass is 32.2. The van der Waals surface area contributed by atoms with Crippen molar-refractivity contribution < 1.29 is 18.4 Å². The fraction of sp³-hybridized carbons (Fsp3) is 0.556. The van der Waals surface area contributed by atoms with Gasteiger partial charge in [0.15, 0.2) is 11.6 Å². The Balaban J connectivity index is 1.39. The first-order valence-electron chi connectivity index (χ1n) is 8.89. The number of nitrogens with one attached hydrogen (secondary N) is 2. The Kier molecular flexibility index (Phi) is 6.48. The zero-order valence-electron chi connectivity index (χ0n) is 14.5. The van der Waals surface area contributed by atoms with E-state index in [4.69, 9.17) is 0 Å². The van der Waals surface area contributed by atoms with Crippen LogP contribution in [0.2, 0.25) is 0 Å². The van der Waals surface area contributed by atoms with E-state index in [9.17, 15) is 18.4 Å². The second-order valence-corrected chi connectivity index (χ2v) is 7.94. The summed E-state index contributed by atoms with van der Waals surface area (Å²) in [7, 11) is 0. The first-order valence-corrected chi connectivity index (χ1v) is 10.0. The van der Waals surface area contributed by atoms with Crippen molar-refractivity contribution in [2.24, 2.45) is 5.92 Å². The molecule has 2 heterocycles. The molecule has 2 amide bonds. The number of carbonyl (C=O) groups excluding carboxylic acids is 2. The Morgan fingerprint density at radius 3 is 2.54 bits per heavy atom. The Morgan fingerprint density at radius 2 is 1.88 bits per heavy atom. The number of likely N-dealkylation sites (tertiary alicyclic amines) is 1. The molecule has 5 nitrogen and oxygen atoms in total. The average molecular weight is 383 g/mol. The van der Waals surface area contributed by atoms with Crippen LogP contribution in [0.1, 0.15) is 19.3 Å². The molecular weight excluding hydrogens is 360 g/mol. The van der Waals surface area contributed by atoms with Gasteiger partial charge in [-0.3, -0.25) is 14.5 Å². The second-order valence-electron chi connectivity index (χ2n) is 6.79. The number of nitrogens with zero attached hydrogens (tertiary/aromatic N) is 1. The summed E-state index contributed by atoms with van der Waals surface area (Å²) in [6.45, 7) is 2.52. The Morgan fingerprint density at radius 1 is 1.12 bits per heavy atom. The van der Waals surface area contributed by atoms with Crippen molar-refractivity contribution in [2.45, 2.75) is 25.3 Å². The lowest BCUT2D eigenvalue weighted by atomic mass is 9.95. The number of benzene rings is 1. The van der Waals surface area contributed by atoms with E-state index in [0.717, 1.165) is 38.1 Å². The van der Waals surface area contributed by atoms with Crippen LogP contribution in [0.5, 0.6) is 0 Å². The van der Waals surface area contributed by atoms with Gasteiger partial charge in [0.2, 0.25) is 0 Å². The highest BCUT2D eigenvalue weighted by molar-refractivity contribution is 7.99. The summed E-state index contributed by atoms with van der Waals surface area (Å²) in [5.74, 6) is -0.897. The van der Waals surface area contributed by atoms with E-state index < -0.39 is 23.4 Å². The zero-order chi connectivity index (χ0) is 18.5. The molecule has 26 heavy (non-hydrogen) atoms. The van der Waals surface area contributed by atoms with Crippen LogP contribution in [-0.2, 0) is 9.59 Å². The topological polar surface area (TPSA) is 61.4 Å². The average Bonchev–Trinajstić information content (AvgIpc) is 3.18. The van der Waals surface area contributed by atoms with E-state index >= 15 is 0 Å². The van der Waals surface area contributed by atoms with E-state index in [-0.39, 0.29) is 5.69 Å². The highest BCUT2D eigenvalue weighted by Crippen LogP contribution is 2.26. The summed E-state index contributed by atoms with van der Waals surface area (Å²) in [5.41, 5.74) is 0.0480. The number of amides is 2. The Hall–Kier alpha value is -1.67. The minimum Gasteiger partial charge on any atom is -0.348 e. The summed E-state index contributed by atoms with van der Waals surface area (Å²) in [6, 6.07) is 3.65. The predicted octanol–water partition coefficient (Wildman–Crippen LogP) is 2.24. The molecule has 2 saturated heterocycles. The first-order chi connectivity index (χ1) is 12.5. The predicted molar refractivity (Wildman–Crippen MR) is 98.0 cm³/mol. The van der Waals surface area contributed by atoms with Gasteiger partial charge in [0, 0.05) is 30.1 Å². The molecule has 0 spiro atoms. The van der Waals surface area contributed by atoms with Crippen LogP contribution in [0.4, 0.5) is 14.5 Å². The van der Waals surface area contributed by atoms with Crippen LogP contribution < -0.4 is 10.6 Å². The molecule has 8 heteroatoms. The summed E-state index contributed by atoms with van der Waals surface area (Å²) in [4.78, 5) is 26.3. The number of hydrogen-bond acceptors (Lipinski definition) is 4. The van der Waals surface area contributed by atoms with Crippen LogP contribution >= 0.6 is 11.8 Å². The molecule has 2 fully saturated rings. The second kappa shape index (κ2) is 8.81. The third-order valence-electron chi connectivity index (χ3n) is 5.01. The van der Waals surface area contributed by atoms with E-state index in [1.54, 1.807) is 0 Å². The Labute approximate surface area is 155 Å². The molecule has 2 aliphatic heterocycles. The molecule has 0 aromatic heterocycles. The van der Waals surface area contributed by atoms with Crippen LogP contribution in [0.25, 0.3) is 0 Å². The zero-order valence-corrected chi connectivity index (χ0v) is 15.3. The third kappa shape index (κ3) is 4.94. The number of rotatable bonds is 4. The summed E-state index contributed by atoms with van der Waals surface area (Å²) < 4.78 is 26.0. The minimum absolute atomic E-state index is 0.0480. The van der Waals surface area contributed by atoms with Gasteiger partial charge < -0.3 is 10.6 Å². The standard InChI is InChI=1S/C18H23F2N3O2S/c19-15-2-1-13(9-16(15)20)22-18(25)17(24)21-10-12-3-6-23(7-4-12)14-5-8-26-11-14/h1-2,9,12,14H,3-8,10-11H2,(H,21,24)(H,22,25). The van der Waals surface area contributed by atoms with Crippen molar-refractivity contribution in [3.05, 3.63) is 29.8 Å². The van der Waals surface area contributed by atoms with Gasteiger partial charge in [-0.2, -0.15) is 11.8 Å². The van der Waals surface area contributed by atoms with E-state index in [1.165, 1.54) is 24.0 Å². The van der Waals surface area contributed by atoms with Crippen LogP contribution in [0.15, 0.2) is 18.2 Å². The SMILES string of the molecule is O=C(NCC1CCN(C2CCSC2)CC1)C(=O)Nc1ccc(F)c(F)c1. The maximum absolute atomic E-state index is 13.1. The smallest absolute Gasteiger partial charge is 0.313 e. The van der Waals surface area contributed by atoms with Crippen LogP contribution in [-0.4, -0.2) is 53.9 Å². The Bertz CT molecular complexity index is 660. The van der Waals surface area contributed by atoms with Crippen molar-refractivity contribution in [3.63, 3.8) is 0 Å². The van der Waals surface area contributed by atoms with Crippen LogP contribution in [0, 0.1) is 17.6 Å². The monoisotopic (exact) mass is 383 g/mol. The molecule has 1 aromatic carbocycles. The molecule has 1 unspecified atom stereocenters. The van der Waals surface area contributed by atoms with E-state index in [1.807, 2.05) is 11.8 Å². The lowest BCUT2D eigenvalue weighted by Gasteiger charge is -2.35. The number of carbonyl (C=O) groups is 2. The van der Waals surface area contributed by atoms with Gasteiger partial charge in [-0.05, 0) is 56.2 Å². The number of halogens is 2. The lowest BCUT2D eigenvalue weighted by molar-refractivity contribution is -0.136. The van der Waals surface area contributed by atoms with Crippen molar-refractivity contribution in [1.82, 2.24) is 10.2 Å². The van der Waals surface area contributed by atoms with Crippen molar-refractivity contribution in [2.75, 3.05) is 36.5 Å². The summed E-state index contributed by atoms with van der Waals surface area (Å²) in [5, 5.41) is 4.91. The highest BCUT2D eigenvalue weighted by Gasteiger charge is 2.27. The number of anilines is 1. The fourth-order valence-corrected chi connectivity index (χ4v) is 4.67. The fourth-order valence-electron chi connectivity index (χ4n) is 3.41. The van der Waals surface area contributed by atoms with Gasteiger partial charge in [-0.25, -0.2) is 8.78 Å². The maximum Gasteiger partial charge on any atom is 0.313 e. The van der Waals surface area contributed by atoms with E-state index in [2.05, 4.69) is 15.5 Å². The van der Waals surface area contributed by atoms with Gasteiger partial charge in [0.1, 0.15) is 0 Å².